The van der Waals surface area contributed by atoms with E-state index in [1.807, 2.05) is 53.6 Å². The third-order valence-corrected chi connectivity index (χ3v) is 11.9. The smallest absolute Gasteiger partial charge is 0.311 e. The van der Waals surface area contributed by atoms with Crippen molar-refractivity contribution in [2.24, 2.45) is 23.7 Å². The Morgan fingerprint density at radius 2 is 1.49 bits per heavy atom. The summed E-state index contributed by atoms with van der Waals surface area (Å²) in [5.74, 6) is -4.41. The van der Waals surface area contributed by atoms with Crippen LogP contribution in [-0.2, 0) is 42.7 Å². The van der Waals surface area contributed by atoms with Crippen LogP contribution in [0.3, 0.4) is 0 Å². The fourth-order valence-corrected chi connectivity index (χ4v) is 8.66. The van der Waals surface area contributed by atoms with Gasteiger partial charge in [-0.15, -0.1) is 0 Å². The van der Waals surface area contributed by atoms with Crippen LogP contribution >= 0.6 is 0 Å². The summed E-state index contributed by atoms with van der Waals surface area (Å²) < 4.78 is 44.5. The molecule has 4 N–H and O–H groups in total. The summed E-state index contributed by atoms with van der Waals surface area (Å²) in [5, 5.41) is 45.1. The summed E-state index contributed by atoms with van der Waals surface area (Å²) in [7, 11) is 5.28. The second kappa shape index (κ2) is 18.8. The molecule has 0 bridgehead atoms. The molecule has 3 fully saturated rings. The molecule has 3 saturated heterocycles. The van der Waals surface area contributed by atoms with E-state index in [9.17, 15) is 30.0 Å². The number of likely N-dealkylation sites (N-methyl/N-ethyl adjacent to an activating group) is 1. The summed E-state index contributed by atoms with van der Waals surface area (Å²) >= 11 is 0. The topological polar surface area (TPSA) is 183 Å². The van der Waals surface area contributed by atoms with E-state index in [0.29, 0.717) is 6.42 Å². The predicted molar refractivity (Wildman–Crippen MR) is 196 cm³/mol. The van der Waals surface area contributed by atoms with Crippen molar-refractivity contribution in [3.05, 3.63) is 0 Å². The van der Waals surface area contributed by atoms with E-state index in [2.05, 4.69) is 0 Å². The standard InChI is InChI=1S/C39H71NO13/c1-15-27-32(44)30(42)22(6)29(41)20(4)17-39(11,53-19(2)3)35(52-37-31(43)26(40(12)13)16-21(5)48-37)23(7)33(24(8)36(46)50-27)51-28-18-38(10,47-14)34(45)25(9)49-28/h19-28,30-35,37,42-45H,15-18H2,1-14H3/t20-,21+,22-,23-,24+,25-,26-,27+,28-,30+,31+,32+,33-,34-,35+,37-,38+,39+/m0/s1. The first-order chi connectivity index (χ1) is 24.5. The Bertz CT molecular complexity index is 1190. The van der Waals surface area contributed by atoms with Gasteiger partial charge in [-0.1, -0.05) is 27.7 Å². The average Bonchev–Trinajstić information content (AvgIpc) is 3.08. The average molecular weight is 762 g/mol. The highest BCUT2D eigenvalue weighted by Gasteiger charge is 2.53. The lowest BCUT2D eigenvalue weighted by Crippen LogP contribution is -2.61. The monoisotopic (exact) mass is 761 g/mol. The van der Waals surface area contributed by atoms with Gasteiger partial charge in [-0.05, 0) is 81.8 Å². The lowest BCUT2D eigenvalue weighted by Gasteiger charge is -2.50. The number of Topliss-reactive ketones (excluding diaryl/α,β-unsaturated/α-hetero) is 1. The largest absolute Gasteiger partial charge is 0.459 e. The molecule has 0 aromatic heterocycles. The Morgan fingerprint density at radius 1 is 0.868 bits per heavy atom. The van der Waals surface area contributed by atoms with E-state index in [0.717, 1.165) is 0 Å². The number of cyclic esters (lactones) is 1. The van der Waals surface area contributed by atoms with Crippen molar-refractivity contribution in [2.75, 3.05) is 21.2 Å². The first kappa shape index (κ1) is 46.1. The molecule has 3 aliphatic rings. The van der Waals surface area contributed by atoms with E-state index in [1.54, 1.807) is 41.5 Å². The van der Waals surface area contributed by atoms with Gasteiger partial charge in [0.2, 0.25) is 0 Å². The van der Waals surface area contributed by atoms with E-state index < -0.39 is 102 Å². The minimum absolute atomic E-state index is 0.120. The molecule has 14 heteroatoms. The number of aliphatic hydroxyl groups is 4. The molecule has 0 aromatic rings. The Hall–Kier alpha value is -1.30. The van der Waals surface area contributed by atoms with Crippen LogP contribution in [0.25, 0.3) is 0 Å². The number of nitrogens with zero attached hydrogens (tertiary/aromatic N) is 1. The van der Waals surface area contributed by atoms with Crippen molar-refractivity contribution in [1.29, 1.82) is 0 Å². The second-order valence-electron chi connectivity index (χ2n) is 17.0. The number of aliphatic hydroxyl groups excluding tert-OH is 4. The number of ketones is 1. The third-order valence-electron chi connectivity index (χ3n) is 11.9. The van der Waals surface area contributed by atoms with Crippen LogP contribution in [0.4, 0.5) is 0 Å². The lowest BCUT2D eigenvalue weighted by molar-refractivity contribution is -0.322. The maximum atomic E-state index is 14.1. The van der Waals surface area contributed by atoms with E-state index in [-0.39, 0.29) is 43.3 Å². The van der Waals surface area contributed by atoms with E-state index in [1.165, 1.54) is 7.11 Å². The van der Waals surface area contributed by atoms with Gasteiger partial charge < -0.3 is 58.5 Å². The van der Waals surface area contributed by atoms with Gasteiger partial charge in [0.05, 0.1) is 53.7 Å². The molecule has 310 valence electrons. The Morgan fingerprint density at radius 3 is 2.04 bits per heavy atom. The number of esters is 1. The fraction of sp³-hybridized carbons (Fsp3) is 0.949. The van der Waals surface area contributed by atoms with Crippen molar-refractivity contribution in [2.45, 2.75) is 193 Å². The van der Waals surface area contributed by atoms with Gasteiger partial charge in [-0.2, -0.15) is 0 Å². The van der Waals surface area contributed by atoms with Crippen LogP contribution in [0, 0.1) is 23.7 Å². The van der Waals surface area contributed by atoms with Gasteiger partial charge in [0, 0.05) is 37.3 Å². The van der Waals surface area contributed by atoms with Crippen LogP contribution in [-0.4, -0.2) is 149 Å². The zero-order valence-corrected chi connectivity index (χ0v) is 34.6. The van der Waals surface area contributed by atoms with E-state index in [4.69, 9.17) is 33.2 Å². The van der Waals surface area contributed by atoms with Crippen molar-refractivity contribution >= 4 is 11.8 Å². The summed E-state index contributed by atoms with van der Waals surface area (Å²) in [6.45, 7) is 19.5. The summed E-state index contributed by atoms with van der Waals surface area (Å²) in [5.41, 5.74) is -2.29. The molecular weight excluding hydrogens is 690 g/mol. The Kier molecular flexibility index (Phi) is 16.3. The fourth-order valence-electron chi connectivity index (χ4n) is 8.66. The van der Waals surface area contributed by atoms with Gasteiger partial charge in [-0.3, -0.25) is 9.59 Å². The summed E-state index contributed by atoms with van der Waals surface area (Å²) in [6, 6.07) is -0.286. The van der Waals surface area contributed by atoms with Crippen LogP contribution in [0.1, 0.15) is 102 Å². The molecule has 0 radical (unpaired) electrons. The van der Waals surface area contributed by atoms with Gasteiger partial charge in [0.25, 0.3) is 0 Å². The molecule has 0 amide bonds. The van der Waals surface area contributed by atoms with Crippen LogP contribution in [0.15, 0.2) is 0 Å². The molecule has 3 rings (SSSR count). The van der Waals surface area contributed by atoms with Crippen molar-refractivity contribution in [3.8, 4) is 0 Å². The Labute approximate surface area is 317 Å². The van der Waals surface area contributed by atoms with Crippen molar-refractivity contribution < 1.29 is 63.2 Å². The minimum Gasteiger partial charge on any atom is -0.459 e. The molecule has 0 saturated carbocycles. The maximum absolute atomic E-state index is 14.1. The zero-order valence-electron chi connectivity index (χ0n) is 34.6. The molecule has 18 atom stereocenters. The SMILES string of the molecule is CC[C@H]1OC(=O)[C@H](C)[C@@H](O[C@H]2C[C@@](C)(OC)[C@@H](O)[C@H](C)O2)[C@H](C)[C@@H](O[C@@H]2O[C@H](C)C[C@H](N(C)C)[C@H]2O)[C@](C)(OC(C)C)C[C@H](C)C(=O)[C@H](C)[C@@H](O)[C@@H]1O. The molecule has 53 heavy (non-hydrogen) atoms. The van der Waals surface area contributed by atoms with Crippen LogP contribution in [0.2, 0.25) is 0 Å². The van der Waals surface area contributed by atoms with Crippen molar-refractivity contribution in [3.63, 3.8) is 0 Å². The number of rotatable bonds is 9. The molecule has 0 spiro atoms. The molecule has 3 aliphatic heterocycles. The van der Waals surface area contributed by atoms with Crippen LogP contribution in [0.5, 0.6) is 0 Å². The highest BCUT2D eigenvalue weighted by atomic mass is 16.7. The zero-order chi connectivity index (χ0) is 40.3. The second-order valence-corrected chi connectivity index (χ2v) is 17.0. The van der Waals surface area contributed by atoms with E-state index >= 15 is 0 Å². The van der Waals surface area contributed by atoms with Gasteiger partial charge in [0.1, 0.15) is 30.2 Å². The number of carbonyl (C=O) groups excluding carboxylic acids is 2. The highest BCUT2D eigenvalue weighted by Crippen LogP contribution is 2.42. The first-order valence-electron chi connectivity index (χ1n) is 19.5. The summed E-state index contributed by atoms with van der Waals surface area (Å²) in [4.78, 5) is 30.1. The quantitative estimate of drug-likeness (QED) is 0.252. The summed E-state index contributed by atoms with van der Waals surface area (Å²) in [6.07, 6.45) is -10.5. The van der Waals surface area contributed by atoms with Gasteiger partial charge in [0.15, 0.2) is 12.6 Å². The third kappa shape index (κ3) is 10.6. The normalized spacial score (nSPS) is 47.0. The molecular formula is C39H71NO13. The van der Waals surface area contributed by atoms with Gasteiger partial charge >= 0.3 is 5.97 Å². The molecule has 3 heterocycles. The first-order valence-corrected chi connectivity index (χ1v) is 19.5. The number of methoxy groups -OCH3 is 1. The molecule has 0 aliphatic carbocycles. The predicted octanol–water partition coefficient (Wildman–Crippen LogP) is 2.83. The molecule has 0 aromatic carbocycles. The number of hydrogen-bond acceptors (Lipinski definition) is 14. The van der Waals surface area contributed by atoms with Crippen molar-refractivity contribution in [1.82, 2.24) is 4.90 Å². The maximum Gasteiger partial charge on any atom is 0.311 e. The number of carbonyl (C=O) groups is 2. The lowest BCUT2D eigenvalue weighted by atomic mass is 9.75. The van der Waals surface area contributed by atoms with Gasteiger partial charge in [-0.25, -0.2) is 0 Å². The highest BCUT2D eigenvalue weighted by molar-refractivity contribution is 5.83. The molecule has 14 nitrogen and oxygen atoms in total. The van der Waals surface area contributed by atoms with Crippen LogP contribution < -0.4 is 0 Å². The molecule has 0 unspecified atom stereocenters. The number of hydrogen-bond donors (Lipinski definition) is 4. The Balaban J connectivity index is 2.25. The minimum atomic E-state index is -1.53. The number of ether oxygens (including phenoxy) is 7.